The van der Waals surface area contributed by atoms with Crippen molar-refractivity contribution in [1.82, 2.24) is 0 Å². The van der Waals surface area contributed by atoms with Crippen LogP contribution in [0.3, 0.4) is 0 Å². The van der Waals surface area contributed by atoms with Crippen molar-refractivity contribution in [1.29, 1.82) is 0 Å². The summed E-state index contributed by atoms with van der Waals surface area (Å²) >= 11 is 0. The summed E-state index contributed by atoms with van der Waals surface area (Å²) in [5, 5.41) is 0. The van der Waals surface area contributed by atoms with Crippen molar-refractivity contribution < 1.29 is 18.6 Å². The molecule has 0 amide bonds. The first-order chi connectivity index (χ1) is 8.19. The highest BCUT2D eigenvalue weighted by Gasteiger charge is 2.52. The van der Waals surface area contributed by atoms with E-state index < -0.39 is 0 Å². The van der Waals surface area contributed by atoms with E-state index in [2.05, 4.69) is 0 Å². The number of rotatable bonds is 4. The van der Waals surface area contributed by atoms with Gasteiger partial charge in [0.15, 0.2) is 0 Å². The van der Waals surface area contributed by atoms with Gasteiger partial charge >= 0.3 is 11.9 Å². The van der Waals surface area contributed by atoms with E-state index in [1.807, 2.05) is 25.5 Å². The molecule has 0 aromatic carbocycles. The Morgan fingerprint density at radius 2 is 1.41 bits per heavy atom. The molecule has 94 valence electrons. The molecule has 4 nitrogen and oxygen atoms in total. The molecular formula is C11H16O4P2. The standard InChI is InChI=1S/C11H16O4P2/c1-16-14-10(12)8-6-3-4-7(5-6)9(8)11(13)15-17-2/h3-4,6-9,16-17H,5H2,1-2H3. The molecule has 2 aliphatic carbocycles. The van der Waals surface area contributed by atoms with Gasteiger partial charge in [-0.25, -0.2) is 0 Å². The molecule has 0 heterocycles. The van der Waals surface area contributed by atoms with Crippen molar-refractivity contribution in [2.24, 2.45) is 23.7 Å². The molecule has 2 rings (SSSR count). The van der Waals surface area contributed by atoms with Crippen LogP contribution in [0.1, 0.15) is 6.42 Å². The number of hydrogen-bond acceptors (Lipinski definition) is 4. The first kappa shape index (κ1) is 13.0. The van der Waals surface area contributed by atoms with E-state index in [1.165, 1.54) is 0 Å². The molecule has 1 saturated carbocycles. The lowest BCUT2D eigenvalue weighted by Crippen LogP contribution is -2.33. The first-order valence-corrected chi connectivity index (χ1v) is 8.44. The summed E-state index contributed by atoms with van der Waals surface area (Å²) in [5.74, 6) is -0.848. The monoisotopic (exact) mass is 274 g/mol. The second-order valence-electron chi connectivity index (χ2n) is 4.25. The first-order valence-electron chi connectivity index (χ1n) is 5.62. The van der Waals surface area contributed by atoms with Crippen LogP contribution in [0.15, 0.2) is 12.2 Å². The maximum absolute atomic E-state index is 11.9. The summed E-state index contributed by atoms with van der Waals surface area (Å²) < 4.78 is 10.2. The van der Waals surface area contributed by atoms with Crippen LogP contribution in [0.2, 0.25) is 0 Å². The normalized spacial score (nSPS) is 35.2. The van der Waals surface area contributed by atoms with Gasteiger partial charge in [-0.05, 0) is 31.6 Å². The molecule has 0 aliphatic heterocycles. The summed E-state index contributed by atoms with van der Waals surface area (Å²) in [7, 11) is 0.262. The lowest BCUT2D eigenvalue weighted by molar-refractivity contribution is -0.149. The van der Waals surface area contributed by atoms with Crippen molar-refractivity contribution in [3.8, 4) is 0 Å². The van der Waals surface area contributed by atoms with Gasteiger partial charge in [-0.2, -0.15) is 0 Å². The molecule has 0 spiro atoms. The maximum Gasteiger partial charge on any atom is 0.312 e. The molecule has 1 fully saturated rings. The highest BCUT2D eigenvalue weighted by Crippen LogP contribution is 2.49. The van der Waals surface area contributed by atoms with Crippen LogP contribution in [0.5, 0.6) is 0 Å². The largest absolute Gasteiger partial charge is 0.448 e. The van der Waals surface area contributed by atoms with E-state index in [4.69, 9.17) is 9.05 Å². The summed E-state index contributed by atoms with van der Waals surface area (Å²) in [6.45, 7) is 3.61. The van der Waals surface area contributed by atoms with Crippen LogP contribution >= 0.6 is 17.6 Å². The van der Waals surface area contributed by atoms with E-state index in [1.54, 1.807) is 0 Å². The number of carbonyl (C=O) groups excluding carboxylic acids is 2. The van der Waals surface area contributed by atoms with Gasteiger partial charge in [0.05, 0.1) is 29.5 Å². The molecule has 2 aliphatic rings. The average molecular weight is 274 g/mol. The van der Waals surface area contributed by atoms with Crippen molar-refractivity contribution in [2.45, 2.75) is 6.42 Å². The Labute approximate surface area is 104 Å². The smallest absolute Gasteiger partial charge is 0.312 e. The SMILES string of the molecule is CPOC(=O)C1C2C=CC(C2)C1C(=O)OPC. The van der Waals surface area contributed by atoms with Crippen molar-refractivity contribution >= 4 is 29.6 Å². The van der Waals surface area contributed by atoms with E-state index in [-0.39, 0.29) is 53.2 Å². The lowest BCUT2D eigenvalue weighted by atomic mass is 9.83. The third-order valence-corrected chi connectivity index (χ3v) is 4.22. The van der Waals surface area contributed by atoms with E-state index in [9.17, 15) is 9.59 Å². The Morgan fingerprint density at radius 1 is 1.00 bits per heavy atom. The molecule has 0 radical (unpaired) electrons. The molecule has 0 N–H and O–H groups in total. The Balaban J connectivity index is 2.14. The van der Waals surface area contributed by atoms with Crippen LogP contribution in [-0.2, 0) is 18.6 Å². The van der Waals surface area contributed by atoms with Crippen molar-refractivity contribution in [3.63, 3.8) is 0 Å². The summed E-state index contributed by atoms with van der Waals surface area (Å²) in [6, 6.07) is 0. The zero-order valence-electron chi connectivity index (χ0n) is 9.80. The minimum atomic E-state index is -0.332. The topological polar surface area (TPSA) is 52.6 Å². The minimum Gasteiger partial charge on any atom is -0.448 e. The molecule has 2 bridgehead atoms. The molecule has 6 unspecified atom stereocenters. The average Bonchev–Trinajstić information content (AvgIpc) is 2.89. The second-order valence-corrected chi connectivity index (χ2v) is 5.48. The molecule has 17 heavy (non-hydrogen) atoms. The highest BCUT2D eigenvalue weighted by atomic mass is 31.1. The van der Waals surface area contributed by atoms with Gasteiger partial charge in [-0.1, -0.05) is 12.2 Å². The van der Waals surface area contributed by atoms with E-state index in [0.29, 0.717) is 0 Å². The zero-order chi connectivity index (χ0) is 12.4. The van der Waals surface area contributed by atoms with Gasteiger partial charge < -0.3 is 9.05 Å². The summed E-state index contributed by atoms with van der Waals surface area (Å²) in [5.41, 5.74) is 0. The summed E-state index contributed by atoms with van der Waals surface area (Å²) in [6.07, 6.45) is 4.94. The van der Waals surface area contributed by atoms with Crippen LogP contribution in [0.4, 0.5) is 0 Å². The number of hydrogen-bond donors (Lipinski definition) is 0. The Bertz CT molecular complexity index is 323. The quantitative estimate of drug-likeness (QED) is 0.581. The highest BCUT2D eigenvalue weighted by molar-refractivity contribution is 7.32. The van der Waals surface area contributed by atoms with Crippen LogP contribution in [0, 0.1) is 23.7 Å². The number of carbonyl (C=O) groups is 2. The Hall–Kier alpha value is -0.460. The van der Waals surface area contributed by atoms with Gasteiger partial charge in [0.2, 0.25) is 0 Å². The van der Waals surface area contributed by atoms with Gasteiger partial charge in [0.1, 0.15) is 0 Å². The molecule has 6 atom stereocenters. The van der Waals surface area contributed by atoms with Crippen LogP contribution in [0.25, 0.3) is 0 Å². The lowest BCUT2D eigenvalue weighted by Gasteiger charge is -2.24. The van der Waals surface area contributed by atoms with Crippen LogP contribution in [-0.4, -0.2) is 25.3 Å². The second kappa shape index (κ2) is 5.46. The minimum absolute atomic E-state index is 0.131. The van der Waals surface area contributed by atoms with Gasteiger partial charge in [-0.3, -0.25) is 9.59 Å². The van der Waals surface area contributed by atoms with Gasteiger partial charge in [0, 0.05) is 0 Å². The predicted octanol–water partition coefficient (Wildman–Crippen LogP) is 1.96. The van der Waals surface area contributed by atoms with Gasteiger partial charge in [0.25, 0.3) is 0 Å². The third kappa shape index (κ3) is 2.39. The zero-order valence-corrected chi connectivity index (χ0v) is 11.8. The van der Waals surface area contributed by atoms with Crippen LogP contribution < -0.4 is 0 Å². The molecule has 0 aromatic heterocycles. The molecule has 0 saturated heterocycles. The van der Waals surface area contributed by atoms with Crippen molar-refractivity contribution in [3.05, 3.63) is 12.2 Å². The number of allylic oxidation sites excluding steroid dienone is 2. The Morgan fingerprint density at radius 3 is 1.76 bits per heavy atom. The maximum atomic E-state index is 11.9. The van der Waals surface area contributed by atoms with Gasteiger partial charge in [-0.15, -0.1) is 0 Å². The predicted molar refractivity (Wildman–Crippen MR) is 68.4 cm³/mol. The molecule has 6 heteroatoms. The van der Waals surface area contributed by atoms with E-state index >= 15 is 0 Å². The fourth-order valence-corrected chi connectivity index (χ4v) is 3.48. The van der Waals surface area contributed by atoms with Crippen molar-refractivity contribution in [2.75, 3.05) is 13.3 Å². The Kier molecular flexibility index (Phi) is 4.17. The summed E-state index contributed by atoms with van der Waals surface area (Å²) in [4.78, 5) is 23.8. The fraction of sp³-hybridized carbons (Fsp3) is 0.636. The fourth-order valence-electron chi connectivity index (χ4n) is 2.80. The molecular weight excluding hydrogens is 258 g/mol. The third-order valence-electron chi connectivity index (χ3n) is 3.41. The number of fused-ring (bicyclic) bond motifs is 2. The van der Waals surface area contributed by atoms with E-state index in [0.717, 1.165) is 6.42 Å². The molecule has 0 aromatic rings.